The van der Waals surface area contributed by atoms with Crippen LogP contribution in [-0.4, -0.2) is 48.4 Å². The normalized spacial score (nSPS) is 11.6. The monoisotopic (exact) mass is 383 g/mol. The van der Waals surface area contributed by atoms with Gasteiger partial charge in [-0.2, -0.15) is 4.68 Å². The summed E-state index contributed by atoms with van der Waals surface area (Å²) in [5.41, 5.74) is 6.56. The molecule has 0 fully saturated rings. The van der Waals surface area contributed by atoms with Crippen molar-refractivity contribution in [2.24, 2.45) is 10.2 Å². The SMILES string of the molecule is COCc1c(C(=O)N=Nc2c(O)[nH]c3ccccc23)nnn1-c1nonc1N. The molecule has 0 unspecified atom stereocenters. The van der Waals surface area contributed by atoms with Crippen molar-refractivity contribution in [2.75, 3.05) is 12.8 Å². The minimum atomic E-state index is -0.794. The lowest BCUT2D eigenvalue weighted by atomic mass is 10.2. The highest BCUT2D eigenvalue weighted by molar-refractivity contribution is 5.96. The van der Waals surface area contributed by atoms with Crippen LogP contribution in [-0.2, 0) is 11.3 Å². The maximum Gasteiger partial charge on any atom is 0.317 e. The van der Waals surface area contributed by atoms with Crippen LogP contribution in [0.15, 0.2) is 39.1 Å². The molecule has 0 aliphatic carbocycles. The summed E-state index contributed by atoms with van der Waals surface area (Å²) in [5, 5.41) is 32.9. The number of amides is 1. The zero-order valence-corrected chi connectivity index (χ0v) is 14.4. The number of azo groups is 1. The number of aromatic nitrogens is 6. The Bertz CT molecular complexity index is 1190. The van der Waals surface area contributed by atoms with Crippen LogP contribution in [0.5, 0.6) is 5.88 Å². The average Bonchev–Trinajstić information content (AvgIpc) is 3.37. The molecule has 0 spiro atoms. The van der Waals surface area contributed by atoms with Crippen LogP contribution in [0.25, 0.3) is 16.7 Å². The Morgan fingerprint density at radius 2 is 2.21 bits per heavy atom. The first kappa shape index (κ1) is 17.3. The van der Waals surface area contributed by atoms with Gasteiger partial charge in [-0.1, -0.05) is 23.4 Å². The number of anilines is 1. The number of hydrogen-bond acceptors (Lipinski definition) is 10. The number of nitrogen functional groups attached to an aromatic ring is 1. The fourth-order valence-corrected chi connectivity index (χ4v) is 2.60. The van der Waals surface area contributed by atoms with Gasteiger partial charge in [0, 0.05) is 12.5 Å². The minimum Gasteiger partial charge on any atom is -0.493 e. The fraction of sp³-hybridized carbons (Fsp3) is 0.133. The van der Waals surface area contributed by atoms with Crippen molar-refractivity contribution in [1.29, 1.82) is 0 Å². The molecule has 13 nitrogen and oxygen atoms in total. The number of carbonyl (C=O) groups is 1. The number of rotatable bonds is 5. The largest absolute Gasteiger partial charge is 0.493 e. The Morgan fingerprint density at radius 3 is 2.96 bits per heavy atom. The van der Waals surface area contributed by atoms with E-state index in [1.807, 2.05) is 0 Å². The molecule has 4 rings (SSSR count). The quantitative estimate of drug-likeness (QED) is 0.430. The van der Waals surface area contributed by atoms with Gasteiger partial charge in [0.15, 0.2) is 11.4 Å². The van der Waals surface area contributed by atoms with E-state index in [1.165, 1.54) is 11.8 Å². The van der Waals surface area contributed by atoms with Crippen molar-refractivity contribution in [3.63, 3.8) is 0 Å². The third-order valence-corrected chi connectivity index (χ3v) is 3.84. The summed E-state index contributed by atoms with van der Waals surface area (Å²) in [6, 6.07) is 7.06. The van der Waals surface area contributed by atoms with Crippen LogP contribution in [0.3, 0.4) is 0 Å². The van der Waals surface area contributed by atoms with Crippen LogP contribution >= 0.6 is 0 Å². The number of fused-ring (bicyclic) bond motifs is 1. The molecule has 0 aliphatic rings. The first-order chi connectivity index (χ1) is 13.6. The van der Waals surface area contributed by atoms with Crippen molar-refractivity contribution >= 4 is 28.3 Å². The minimum absolute atomic E-state index is 0.0335. The van der Waals surface area contributed by atoms with E-state index in [1.54, 1.807) is 24.3 Å². The van der Waals surface area contributed by atoms with Gasteiger partial charge in [0.2, 0.25) is 17.5 Å². The molecule has 1 amide bonds. The highest BCUT2D eigenvalue weighted by Gasteiger charge is 2.24. The van der Waals surface area contributed by atoms with E-state index >= 15 is 0 Å². The molecule has 0 radical (unpaired) electrons. The summed E-state index contributed by atoms with van der Waals surface area (Å²) in [5.74, 6) is -0.977. The molecule has 4 aromatic rings. The van der Waals surface area contributed by atoms with Crippen molar-refractivity contribution in [3.05, 3.63) is 35.7 Å². The number of carbonyl (C=O) groups excluding carboxylic acids is 1. The topological polar surface area (TPSA) is 183 Å². The van der Waals surface area contributed by atoms with Gasteiger partial charge < -0.3 is 20.6 Å². The van der Waals surface area contributed by atoms with E-state index in [2.05, 4.69) is 40.5 Å². The average molecular weight is 383 g/mol. The third kappa shape index (κ3) is 2.84. The second-order valence-corrected chi connectivity index (χ2v) is 5.58. The van der Waals surface area contributed by atoms with E-state index in [4.69, 9.17) is 10.5 Å². The lowest BCUT2D eigenvalue weighted by molar-refractivity contribution is 0.0984. The Morgan fingerprint density at radius 1 is 1.39 bits per heavy atom. The number of nitrogens with two attached hydrogens (primary N) is 1. The van der Waals surface area contributed by atoms with E-state index in [9.17, 15) is 9.90 Å². The summed E-state index contributed by atoms with van der Waals surface area (Å²) in [6.45, 7) is -0.0335. The Labute approximate surface area is 155 Å². The van der Waals surface area contributed by atoms with E-state index in [0.29, 0.717) is 10.9 Å². The molecule has 0 bridgehead atoms. The molecule has 3 heterocycles. The second kappa shape index (κ2) is 6.88. The number of H-pyrrole nitrogens is 1. The smallest absolute Gasteiger partial charge is 0.317 e. The van der Waals surface area contributed by atoms with Gasteiger partial charge in [-0.25, -0.2) is 4.63 Å². The number of benzene rings is 1. The molecule has 4 N–H and O–H groups in total. The highest BCUT2D eigenvalue weighted by atomic mass is 16.6. The van der Waals surface area contributed by atoms with Gasteiger partial charge in [0.1, 0.15) is 5.69 Å². The van der Waals surface area contributed by atoms with Crippen LogP contribution < -0.4 is 5.73 Å². The Kier molecular flexibility index (Phi) is 4.25. The lowest BCUT2D eigenvalue weighted by Crippen LogP contribution is -2.09. The van der Waals surface area contributed by atoms with E-state index in [0.717, 1.165) is 0 Å². The molecular formula is C15H13N9O4. The van der Waals surface area contributed by atoms with Gasteiger partial charge >= 0.3 is 5.91 Å². The second-order valence-electron chi connectivity index (χ2n) is 5.58. The van der Waals surface area contributed by atoms with Crippen molar-refractivity contribution in [2.45, 2.75) is 6.61 Å². The standard InChI is InChI=1S/C15H13N9O4/c1-27-6-9-11(19-23-24(9)13-12(16)21-28-22-13)15(26)20-18-10-7-4-2-3-5-8(7)17-14(10)25/h2-5,17,25H,6H2,1H3,(H2,16,21). The van der Waals surface area contributed by atoms with Crippen molar-refractivity contribution in [1.82, 2.24) is 30.3 Å². The molecule has 0 aliphatic heterocycles. The van der Waals surface area contributed by atoms with Crippen LogP contribution in [0, 0.1) is 0 Å². The van der Waals surface area contributed by atoms with Crippen molar-refractivity contribution < 1.29 is 19.3 Å². The molecule has 1 aromatic carbocycles. The van der Waals surface area contributed by atoms with Gasteiger partial charge in [-0.05, 0) is 16.4 Å². The number of methoxy groups -OCH3 is 1. The van der Waals surface area contributed by atoms with Crippen LogP contribution in [0.1, 0.15) is 16.2 Å². The Balaban J connectivity index is 1.70. The zero-order chi connectivity index (χ0) is 19.7. The number of nitrogens with zero attached hydrogens (tertiary/aromatic N) is 7. The van der Waals surface area contributed by atoms with Gasteiger partial charge in [0.25, 0.3) is 0 Å². The molecular weight excluding hydrogens is 370 g/mol. The van der Waals surface area contributed by atoms with Gasteiger partial charge in [-0.15, -0.1) is 15.3 Å². The summed E-state index contributed by atoms with van der Waals surface area (Å²) in [6.07, 6.45) is 0. The fourth-order valence-electron chi connectivity index (χ4n) is 2.60. The zero-order valence-electron chi connectivity index (χ0n) is 14.4. The summed E-state index contributed by atoms with van der Waals surface area (Å²) in [4.78, 5) is 15.3. The van der Waals surface area contributed by atoms with Crippen molar-refractivity contribution in [3.8, 4) is 11.7 Å². The molecule has 28 heavy (non-hydrogen) atoms. The number of aromatic amines is 1. The number of ether oxygens (including phenoxy) is 1. The summed E-state index contributed by atoms with van der Waals surface area (Å²) in [7, 11) is 1.43. The summed E-state index contributed by atoms with van der Waals surface area (Å²) < 4.78 is 10.8. The van der Waals surface area contributed by atoms with Gasteiger partial charge in [0.05, 0.1) is 12.1 Å². The molecule has 0 saturated carbocycles. The molecule has 0 atom stereocenters. The predicted molar refractivity (Wildman–Crippen MR) is 93.2 cm³/mol. The number of nitrogens with one attached hydrogen (secondary N) is 1. The van der Waals surface area contributed by atoms with Crippen LogP contribution in [0.4, 0.5) is 11.5 Å². The van der Waals surface area contributed by atoms with Crippen LogP contribution in [0.2, 0.25) is 0 Å². The number of para-hydroxylation sites is 1. The first-order valence-electron chi connectivity index (χ1n) is 7.87. The molecule has 142 valence electrons. The summed E-state index contributed by atoms with van der Waals surface area (Å²) >= 11 is 0. The highest BCUT2D eigenvalue weighted by Crippen LogP contribution is 2.35. The van der Waals surface area contributed by atoms with E-state index in [-0.39, 0.29) is 41.2 Å². The third-order valence-electron chi connectivity index (χ3n) is 3.84. The lowest BCUT2D eigenvalue weighted by Gasteiger charge is -2.02. The molecule has 3 aromatic heterocycles. The Hall–Kier alpha value is -4.13. The van der Waals surface area contributed by atoms with Gasteiger partial charge in [-0.3, -0.25) is 4.79 Å². The first-order valence-corrected chi connectivity index (χ1v) is 7.87. The maximum absolute atomic E-state index is 12.5. The van der Waals surface area contributed by atoms with E-state index < -0.39 is 5.91 Å². The predicted octanol–water partition coefficient (Wildman–Crippen LogP) is 1.49. The molecule has 13 heteroatoms. The number of hydrogen-bond donors (Lipinski definition) is 3. The maximum atomic E-state index is 12.5. The molecule has 0 saturated heterocycles. The number of aromatic hydroxyl groups is 1.